The number of hydrogen-bond donors (Lipinski definition) is 1. The van der Waals surface area contributed by atoms with Crippen molar-refractivity contribution in [3.63, 3.8) is 0 Å². The van der Waals surface area contributed by atoms with Crippen LogP contribution in [0.1, 0.15) is 66.2 Å². The molecule has 0 radical (unpaired) electrons. The number of ether oxygens (including phenoxy) is 1. The molecule has 0 saturated heterocycles. The molecule has 13 heteroatoms. The SMILES string of the molecule is COC(=O)C12CCC(NC(=O)C3c4cccc(-c5cncnc5)c4CCN3C(=O)c3cn(-c4cccc(Cl)c4F)nn3)(CC1)CC2. The first-order chi connectivity index (χ1) is 22.2. The number of benzene rings is 2. The molecular formula is C33H31ClFN7O4. The minimum absolute atomic E-state index is 0.0374. The van der Waals surface area contributed by atoms with Gasteiger partial charge >= 0.3 is 5.97 Å². The van der Waals surface area contributed by atoms with Crippen molar-refractivity contribution in [2.45, 2.75) is 56.5 Å². The number of rotatable bonds is 6. The number of esters is 1. The number of carbonyl (C=O) groups is 3. The lowest BCUT2D eigenvalue weighted by Crippen LogP contribution is -2.60. The largest absolute Gasteiger partial charge is 0.469 e. The van der Waals surface area contributed by atoms with E-state index in [1.54, 1.807) is 18.5 Å². The summed E-state index contributed by atoms with van der Waals surface area (Å²) in [5.41, 5.74) is 2.34. The number of nitrogens with zero attached hydrogens (tertiary/aromatic N) is 6. The smallest absolute Gasteiger partial charge is 0.311 e. The van der Waals surface area contributed by atoms with Crippen LogP contribution in [0.25, 0.3) is 16.8 Å². The number of methoxy groups -OCH3 is 1. The van der Waals surface area contributed by atoms with E-state index in [0.717, 1.165) is 21.4 Å². The molecule has 11 nitrogen and oxygen atoms in total. The van der Waals surface area contributed by atoms with E-state index in [0.29, 0.717) is 50.5 Å². The molecule has 236 valence electrons. The fraction of sp³-hybridized carbons (Fsp3) is 0.364. The topological polar surface area (TPSA) is 132 Å². The molecule has 1 atom stereocenters. The zero-order chi connectivity index (χ0) is 32.1. The van der Waals surface area contributed by atoms with Crippen molar-refractivity contribution in [3.05, 3.63) is 89.0 Å². The van der Waals surface area contributed by atoms with Gasteiger partial charge in [0, 0.05) is 30.0 Å². The summed E-state index contributed by atoms with van der Waals surface area (Å²) in [4.78, 5) is 51.0. The van der Waals surface area contributed by atoms with Gasteiger partial charge in [-0.25, -0.2) is 19.0 Å². The summed E-state index contributed by atoms with van der Waals surface area (Å²) >= 11 is 5.96. The molecule has 1 N–H and O–H groups in total. The first kappa shape index (κ1) is 30.0. The van der Waals surface area contributed by atoms with Crippen molar-refractivity contribution in [1.82, 2.24) is 35.2 Å². The highest BCUT2D eigenvalue weighted by atomic mass is 35.5. The average molecular weight is 644 g/mol. The van der Waals surface area contributed by atoms with Crippen molar-refractivity contribution in [2.24, 2.45) is 5.41 Å². The summed E-state index contributed by atoms with van der Waals surface area (Å²) < 4.78 is 21.0. The van der Waals surface area contributed by atoms with Gasteiger partial charge in [0.05, 0.1) is 23.7 Å². The van der Waals surface area contributed by atoms with E-state index < -0.39 is 28.7 Å². The van der Waals surface area contributed by atoms with Crippen LogP contribution in [0.4, 0.5) is 4.39 Å². The molecule has 1 unspecified atom stereocenters. The maximum atomic E-state index is 14.7. The number of fused-ring (bicyclic) bond motifs is 4. The maximum Gasteiger partial charge on any atom is 0.311 e. The summed E-state index contributed by atoms with van der Waals surface area (Å²) in [6.07, 6.45) is 10.5. The minimum Gasteiger partial charge on any atom is -0.469 e. The van der Waals surface area contributed by atoms with E-state index in [9.17, 15) is 18.8 Å². The third-order valence-electron chi connectivity index (χ3n) is 9.95. The number of carbonyl (C=O) groups excluding carboxylic acids is 3. The first-order valence-electron chi connectivity index (χ1n) is 15.2. The van der Waals surface area contributed by atoms with Crippen molar-refractivity contribution >= 4 is 29.4 Å². The Morgan fingerprint density at radius 1 is 1.02 bits per heavy atom. The molecule has 4 aromatic rings. The molecule has 4 aliphatic rings. The molecule has 3 heterocycles. The lowest BCUT2D eigenvalue weighted by molar-refractivity contribution is -0.161. The van der Waals surface area contributed by atoms with Gasteiger partial charge in [0.2, 0.25) is 5.91 Å². The van der Waals surface area contributed by atoms with Gasteiger partial charge < -0.3 is 15.0 Å². The Bertz CT molecular complexity index is 1820. The monoisotopic (exact) mass is 643 g/mol. The van der Waals surface area contributed by atoms with Crippen LogP contribution in [-0.4, -0.2) is 66.8 Å². The Hall–Kier alpha value is -4.71. The molecule has 46 heavy (non-hydrogen) atoms. The summed E-state index contributed by atoms with van der Waals surface area (Å²) in [5.74, 6) is -1.70. The van der Waals surface area contributed by atoms with Gasteiger partial charge in [-0.1, -0.05) is 41.1 Å². The zero-order valence-electron chi connectivity index (χ0n) is 25.1. The molecular weight excluding hydrogens is 613 g/mol. The van der Waals surface area contributed by atoms with Crippen molar-refractivity contribution in [3.8, 4) is 16.8 Å². The normalized spacial score (nSPS) is 23.5. The van der Waals surface area contributed by atoms with Crippen molar-refractivity contribution < 1.29 is 23.5 Å². The van der Waals surface area contributed by atoms with Crippen LogP contribution in [0.2, 0.25) is 5.02 Å². The molecule has 1 aliphatic heterocycles. The standard InChI is InChI=1S/C33H31ClFN7O4/c1-46-31(45)32-9-12-33(13-10-32,14-11-32)38-29(43)28-23-5-2-4-21(20-16-36-19-37-17-20)22(23)8-15-41(28)30(44)25-18-42(40-39-25)26-7-3-6-24(34)27(26)35/h2-7,16-19,28H,8-15H2,1H3,(H,38,43). The summed E-state index contributed by atoms with van der Waals surface area (Å²) in [6.45, 7) is 0.228. The molecule has 3 saturated carbocycles. The second-order valence-corrected chi connectivity index (χ2v) is 12.7. The Kier molecular flexibility index (Phi) is 7.54. The van der Waals surface area contributed by atoms with Crippen LogP contribution in [0.3, 0.4) is 0 Å². The minimum atomic E-state index is -0.975. The van der Waals surface area contributed by atoms with Gasteiger partial charge in [-0.2, -0.15) is 0 Å². The Balaban J connectivity index is 1.23. The van der Waals surface area contributed by atoms with Gasteiger partial charge in [-0.15, -0.1) is 5.10 Å². The summed E-state index contributed by atoms with van der Waals surface area (Å²) in [6, 6.07) is 9.19. The molecule has 8 rings (SSSR count). The molecule has 3 fully saturated rings. The second-order valence-electron chi connectivity index (χ2n) is 12.3. The van der Waals surface area contributed by atoms with Crippen LogP contribution >= 0.6 is 11.6 Å². The van der Waals surface area contributed by atoms with E-state index in [-0.39, 0.29) is 34.8 Å². The van der Waals surface area contributed by atoms with E-state index in [1.165, 1.54) is 36.7 Å². The van der Waals surface area contributed by atoms with Gasteiger partial charge in [0.25, 0.3) is 5.91 Å². The lowest BCUT2D eigenvalue weighted by Gasteiger charge is -2.52. The van der Waals surface area contributed by atoms with Crippen LogP contribution in [0.15, 0.2) is 61.3 Å². The molecule has 2 amide bonds. The quantitative estimate of drug-likeness (QED) is 0.301. The first-order valence-corrected chi connectivity index (χ1v) is 15.6. The van der Waals surface area contributed by atoms with E-state index in [1.807, 2.05) is 18.2 Å². The predicted molar refractivity (Wildman–Crippen MR) is 164 cm³/mol. The van der Waals surface area contributed by atoms with Crippen LogP contribution in [-0.2, 0) is 20.7 Å². The fourth-order valence-corrected chi connectivity index (χ4v) is 7.57. The molecule has 3 aliphatic carbocycles. The average Bonchev–Trinajstić information content (AvgIpc) is 3.59. The number of nitrogens with one attached hydrogen (secondary N) is 1. The highest BCUT2D eigenvalue weighted by Crippen LogP contribution is 2.53. The third kappa shape index (κ3) is 5.00. The lowest BCUT2D eigenvalue weighted by atomic mass is 9.57. The molecule has 2 aromatic heterocycles. The Labute approximate surface area is 269 Å². The molecule has 2 bridgehead atoms. The number of amides is 2. The number of halogens is 2. The van der Waals surface area contributed by atoms with Gasteiger partial charge in [0.15, 0.2) is 11.5 Å². The predicted octanol–water partition coefficient (Wildman–Crippen LogP) is 4.64. The number of hydrogen-bond acceptors (Lipinski definition) is 8. The van der Waals surface area contributed by atoms with Crippen molar-refractivity contribution in [1.29, 1.82) is 0 Å². The number of aromatic nitrogens is 5. The zero-order valence-corrected chi connectivity index (χ0v) is 25.8. The highest BCUT2D eigenvalue weighted by Gasteiger charge is 2.54. The van der Waals surface area contributed by atoms with Gasteiger partial charge in [-0.05, 0) is 73.8 Å². The highest BCUT2D eigenvalue weighted by molar-refractivity contribution is 6.30. The summed E-state index contributed by atoms with van der Waals surface area (Å²) in [7, 11) is 1.42. The van der Waals surface area contributed by atoms with E-state index >= 15 is 0 Å². The van der Waals surface area contributed by atoms with Crippen molar-refractivity contribution in [2.75, 3.05) is 13.7 Å². The molecule has 2 aromatic carbocycles. The Morgan fingerprint density at radius 2 is 1.74 bits per heavy atom. The van der Waals surface area contributed by atoms with Gasteiger partial charge in [-0.3, -0.25) is 14.4 Å². The van der Waals surface area contributed by atoms with Crippen LogP contribution < -0.4 is 5.32 Å². The van der Waals surface area contributed by atoms with Gasteiger partial charge in [0.1, 0.15) is 18.1 Å². The summed E-state index contributed by atoms with van der Waals surface area (Å²) in [5, 5.41) is 11.3. The third-order valence-corrected chi connectivity index (χ3v) is 10.2. The van der Waals surface area contributed by atoms with E-state index in [2.05, 4.69) is 25.6 Å². The van der Waals surface area contributed by atoms with Crippen LogP contribution in [0, 0.1) is 11.2 Å². The van der Waals surface area contributed by atoms with Crippen LogP contribution in [0.5, 0.6) is 0 Å². The second kappa shape index (κ2) is 11.6. The Morgan fingerprint density at radius 3 is 2.46 bits per heavy atom. The fourth-order valence-electron chi connectivity index (χ4n) is 7.40. The molecule has 0 spiro atoms. The van der Waals surface area contributed by atoms with E-state index in [4.69, 9.17) is 16.3 Å². The maximum absolute atomic E-state index is 14.7.